The summed E-state index contributed by atoms with van der Waals surface area (Å²) in [6.45, 7) is 6.55. The Morgan fingerprint density at radius 3 is 1.63 bits per heavy atom. The molecule has 7 aromatic rings. The van der Waals surface area contributed by atoms with E-state index in [2.05, 4.69) is 192 Å². The second kappa shape index (κ2) is 11.7. The van der Waals surface area contributed by atoms with Gasteiger partial charge in [-0.05, 0) is 111 Å². The average Bonchev–Trinajstić information content (AvgIpc) is 3.67. The minimum Gasteiger partial charge on any atom is -0.307 e. The second-order valence-electron chi connectivity index (χ2n) is 13.7. The molecule has 0 N–H and O–H groups in total. The molecule has 52 heavy (non-hydrogen) atoms. The summed E-state index contributed by atoms with van der Waals surface area (Å²) >= 11 is 0. The number of hydrogen-bond acceptors (Lipinski definition) is 2. The predicted octanol–water partition coefficient (Wildman–Crippen LogP) is 13.3. The summed E-state index contributed by atoms with van der Waals surface area (Å²) in [6.07, 6.45) is 8.21. The molecule has 246 valence electrons. The van der Waals surface area contributed by atoms with Crippen LogP contribution in [0.25, 0.3) is 33.4 Å². The van der Waals surface area contributed by atoms with Crippen molar-refractivity contribution in [2.24, 2.45) is 0 Å². The highest BCUT2D eigenvalue weighted by Crippen LogP contribution is 2.64. The van der Waals surface area contributed by atoms with E-state index in [-0.39, 0.29) is 0 Å². The average molecular weight is 665 g/mol. The lowest BCUT2D eigenvalue weighted by atomic mass is 9.70. The Balaban J connectivity index is 1.23. The molecule has 0 atom stereocenters. The zero-order valence-corrected chi connectivity index (χ0v) is 29.0. The number of benzene rings is 7. The molecular weight excluding hydrogens is 629 g/mol. The van der Waals surface area contributed by atoms with Crippen LogP contribution in [0, 0.1) is 0 Å². The smallest absolute Gasteiger partial charge is 0.0726 e. The summed E-state index contributed by atoms with van der Waals surface area (Å²) in [7, 11) is 0. The lowest BCUT2D eigenvalue weighted by molar-refractivity contribution is 0.794. The molecule has 0 aromatic heterocycles. The molecule has 3 aliphatic rings. The number of anilines is 5. The van der Waals surface area contributed by atoms with E-state index in [1.165, 1.54) is 55.6 Å². The Morgan fingerprint density at radius 1 is 0.481 bits per heavy atom. The van der Waals surface area contributed by atoms with E-state index in [1.807, 2.05) is 19.1 Å². The van der Waals surface area contributed by atoms with Crippen LogP contribution in [0.15, 0.2) is 200 Å². The van der Waals surface area contributed by atoms with Gasteiger partial charge in [0, 0.05) is 11.4 Å². The predicted molar refractivity (Wildman–Crippen MR) is 218 cm³/mol. The zero-order chi connectivity index (χ0) is 34.8. The third-order valence-corrected chi connectivity index (χ3v) is 11.0. The first-order valence-electron chi connectivity index (χ1n) is 18.0. The van der Waals surface area contributed by atoms with Crippen LogP contribution in [-0.4, -0.2) is 0 Å². The van der Waals surface area contributed by atoms with Crippen LogP contribution >= 0.6 is 0 Å². The summed E-state index contributed by atoms with van der Waals surface area (Å²) in [5, 5.41) is 0. The number of allylic oxidation sites excluding steroid dienone is 4. The van der Waals surface area contributed by atoms with Crippen LogP contribution in [0.2, 0.25) is 0 Å². The minimum absolute atomic E-state index is 0.467. The first-order chi connectivity index (χ1) is 25.7. The number of hydrogen-bond donors (Lipinski definition) is 0. The number of rotatable bonds is 5. The highest BCUT2D eigenvalue weighted by atomic mass is 15.3. The van der Waals surface area contributed by atoms with Crippen molar-refractivity contribution in [3.63, 3.8) is 0 Å². The van der Waals surface area contributed by atoms with Crippen LogP contribution in [-0.2, 0) is 5.41 Å². The molecule has 0 saturated heterocycles. The van der Waals surface area contributed by atoms with Gasteiger partial charge in [0.15, 0.2) is 0 Å². The van der Waals surface area contributed by atoms with E-state index in [4.69, 9.17) is 0 Å². The van der Waals surface area contributed by atoms with Gasteiger partial charge < -0.3 is 9.80 Å². The molecule has 0 radical (unpaired) electrons. The fourth-order valence-corrected chi connectivity index (χ4v) is 8.96. The van der Waals surface area contributed by atoms with Gasteiger partial charge in [0.1, 0.15) is 0 Å². The standard InChI is InChI=1S/C50H36N2/c1-3-4-6-17-34(2)51-46-24-13-15-26-48(46)52(49-27-16-14-25-47(49)51)37-29-31-41-40-30-28-36(35-18-7-5-8-19-35)32-44(40)50(45(41)33-37)42-22-11-9-20-38(42)39-21-10-12-23-43(39)50/h3-33H,2H2,1H3/b4-3-,17-6-. The highest BCUT2D eigenvalue weighted by molar-refractivity contribution is 6.02. The summed E-state index contributed by atoms with van der Waals surface area (Å²) < 4.78 is 0. The van der Waals surface area contributed by atoms with Crippen molar-refractivity contribution in [2.75, 3.05) is 9.80 Å². The van der Waals surface area contributed by atoms with Crippen LogP contribution in [0.3, 0.4) is 0 Å². The van der Waals surface area contributed by atoms with Crippen molar-refractivity contribution in [2.45, 2.75) is 12.3 Å². The Kier molecular flexibility index (Phi) is 6.81. The van der Waals surface area contributed by atoms with Gasteiger partial charge in [-0.2, -0.15) is 0 Å². The molecule has 1 heterocycles. The van der Waals surface area contributed by atoms with Gasteiger partial charge in [0.2, 0.25) is 0 Å². The molecule has 7 aromatic carbocycles. The van der Waals surface area contributed by atoms with Crippen molar-refractivity contribution in [1.82, 2.24) is 0 Å². The third-order valence-electron chi connectivity index (χ3n) is 11.0. The first kappa shape index (κ1) is 30.2. The second-order valence-corrected chi connectivity index (χ2v) is 13.7. The van der Waals surface area contributed by atoms with Gasteiger partial charge in [-0.1, -0.05) is 146 Å². The van der Waals surface area contributed by atoms with Crippen LogP contribution < -0.4 is 9.80 Å². The van der Waals surface area contributed by atoms with E-state index >= 15 is 0 Å². The molecule has 2 nitrogen and oxygen atoms in total. The van der Waals surface area contributed by atoms with E-state index in [1.54, 1.807) is 0 Å². The fraction of sp³-hybridized carbons (Fsp3) is 0.0400. The maximum atomic E-state index is 4.52. The molecule has 0 unspecified atom stereocenters. The number of nitrogens with zero attached hydrogens (tertiary/aromatic N) is 2. The van der Waals surface area contributed by atoms with Crippen molar-refractivity contribution in [1.29, 1.82) is 0 Å². The topological polar surface area (TPSA) is 6.48 Å². The SMILES string of the molecule is C=C(/C=C\C=C/C)N1c2ccccc2N(c2ccc3c(c2)C2(c4ccccc4-c4ccccc42)c2cc(-c4ccccc4)ccc2-3)c2ccccc21. The highest BCUT2D eigenvalue weighted by Gasteiger charge is 2.52. The van der Waals surface area contributed by atoms with Crippen molar-refractivity contribution >= 4 is 28.4 Å². The maximum absolute atomic E-state index is 4.52. The summed E-state index contributed by atoms with van der Waals surface area (Å²) in [5.41, 5.74) is 19.0. The molecule has 10 rings (SSSR count). The molecule has 2 aliphatic carbocycles. The molecule has 0 saturated carbocycles. The third kappa shape index (κ3) is 4.18. The molecule has 1 aliphatic heterocycles. The Labute approximate surface area is 305 Å². The Bertz CT molecular complexity index is 2530. The van der Waals surface area contributed by atoms with Gasteiger partial charge in [0.25, 0.3) is 0 Å². The number of fused-ring (bicyclic) bond motifs is 12. The summed E-state index contributed by atoms with van der Waals surface area (Å²) in [4.78, 5) is 4.71. The monoisotopic (exact) mass is 664 g/mol. The van der Waals surface area contributed by atoms with E-state index in [9.17, 15) is 0 Å². The molecule has 1 spiro atoms. The molecule has 0 fully saturated rings. The van der Waals surface area contributed by atoms with Crippen LogP contribution in [0.1, 0.15) is 29.2 Å². The van der Waals surface area contributed by atoms with Gasteiger partial charge >= 0.3 is 0 Å². The molecule has 2 heteroatoms. The Morgan fingerprint density at radius 2 is 1.00 bits per heavy atom. The normalized spacial score (nSPS) is 14.2. The molecular formula is C50H36N2. The fourth-order valence-electron chi connectivity index (χ4n) is 8.96. The lowest BCUT2D eigenvalue weighted by Crippen LogP contribution is -2.27. The van der Waals surface area contributed by atoms with Crippen molar-refractivity contribution < 1.29 is 0 Å². The maximum Gasteiger partial charge on any atom is 0.0726 e. The van der Waals surface area contributed by atoms with E-state index < -0.39 is 5.41 Å². The van der Waals surface area contributed by atoms with E-state index in [0.29, 0.717) is 0 Å². The number of para-hydroxylation sites is 4. The van der Waals surface area contributed by atoms with Crippen molar-refractivity contribution in [3.05, 3.63) is 223 Å². The van der Waals surface area contributed by atoms with Gasteiger partial charge in [-0.3, -0.25) is 0 Å². The lowest BCUT2D eigenvalue weighted by Gasteiger charge is -2.41. The van der Waals surface area contributed by atoms with Crippen LogP contribution in [0.4, 0.5) is 28.4 Å². The van der Waals surface area contributed by atoms with Gasteiger partial charge in [0.05, 0.1) is 28.2 Å². The van der Waals surface area contributed by atoms with Crippen molar-refractivity contribution in [3.8, 4) is 33.4 Å². The Hall–Kier alpha value is -6.64. The first-order valence-corrected chi connectivity index (χ1v) is 18.0. The molecule has 0 amide bonds. The minimum atomic E-state index is -0.467. The quantitative estimate of drug-likeness (QED) is 0.169. The van der Waals surface area contributed by atoms with Gasteiger partial charge in [-0.25, -0.2) is 0 Å². The summed E-state index contributed by atoms with van der Waals surface area (Å²) in [6, 6.07) is 60.5. The van der Waals surface area contributed by atoms with Crippen LogP contribution in [0.5, 0.6) is 0 Å². The molecule has 0 bridgehead atoms. The van der Waals surface area contributed by atoms with E-state index in [0.717, 1.165) is 34.1 Å². The largest absolute Gasteiger partial charge is 0.307 e. The van der Waals surface area contributed by atoms with Gasteiger partial charge in [-0.15, -0.1) is 0 Å². The summed E-state index contributed by atoms with van der Waals surface area (Å²) in [5.74, 6) is 0. The zero-order valence-electron chi connectivity index (χ0n) is 29.0.